The van der Waals surface area contributed by atoms with E-state index in [-0.39, 0.29) is 43.3 Å². The van der Waals surface area contributed by atoms with Gasteiger partial charge in [-0.2, -0.15) is 0 Å². The minimum absolute atomic E-state index is 0. The lowest BCUT2D eigenvalue weighted by Crippen LogP contribution is -2.33. The number of aromatic nitrogens is 1. The summed E-state index contributed by atoms with van der Waals surface area (Å²) in [5, 5.41) is 3.59. The maximum Gasteiger partial charge on any atom is 0.165 e. The molecule has 0 saturated carbocycles. The number of pyridine rings is 1. The summed E-state index contributed by atoms with van der Waals surface area (Å²) in [5.74, 6) is 3.15. The van der Waals surface area contributed by atoms with Crippen molar-refractivity contribution in [1.29, 1.82) is 0 Å². The molecule has 2 atom stereocenters. The maximum atomic E-state index is 6.75. The second-order valence-electron chi connectivity index (χ2n) is 11.3. The number of ether oxygens (including phenoxy) is 2. The lowest BCUT2D eigenvalue weighted by Gasteiger charge is -2.33. The van der Waals surface area contributed by atoms with Gasteiger partial charge >= 0.3 is 0 Å². The monoisotopic (exact) mass is 703 g/mol. The standard InChI is InChI=1S/C37H45N3O2S.3ClH/c38-35-18-16-34-32(33(35)15-9-1-2-10-22-39-25-26-43-31-20-23-40-24-21-31)17-19-36(41-27-29-11-5-3-6-12-29)37(34)42-28-30-13-7-4-8-14-30;;;/h3-8,11-14,17,19-21,23-24,33,35,39H,1-2,9-10,15-16,18,22,25-28,38H2;3*1H. The summed E-state index contributed by atoms with van der Waals surface area (Å²) in [6.45, 7) is 3.15. The first-order valence-corrected chi connectivity index (χ1v) is 16.7. The zero-order valence-electron chi connectivity index (χ0n) is 26.4. The number of nitrogens with zero attached hydrogens (tertiary/aromatic N) is 1. The van der Waals surface area contributed by atoms with Crippen molar-refractivity contribution in [3.8, 4) is 11.5 Å². The van der Waals surface area contributed by atoms with Crippen molar-refractivity contribution >= 4 is 49.0 Å². The number of thioether (sulfide) groups is 1. The first-order chi connectivity index (χ1) is 21.3. The molecule has 5 nitrogen and oxygen atoms in total. The third kappa shape index (κ3) is 12.3. The van der Waals surface area contributed by atoms with Crippen LogP contribution in [0, 0.1) is 0 Å². The van der Waals surface area contributed by atoms with Gasteiger partial charge in [-0.1, -0.05) is 86.0 Å². The fourth-order valence-corrected chi connectivity index (χ4v) is 6.64. The van der Waals surface area contributed by atoms with Crippen LogP contribution in [0.25, 0.3) is 0 Å². The fraction of sp³-hybridized carbons (Fsp3) is 0.378. The van der Waals surface area contributed by atoms with Crippen molar-refractivity contribution in [2.75, 3.05) is 18.8 Å². The maximum absolute atomic E-state index is 6.75. The third-order valence-corrected chi connectivity index (χ3v) is 9.20. The topological polar surface area (TPSA) is 69.4 Å². The van der Waals surface area contributed by atoms with E-state index in [4.69, 9.17) is 15.2 Å². The lowest BCUT2D eigenvalue weighted by molar-refractivity contribution is 0.251. The van der Waals surface area contributed by atoms with Gasteiger partial charge in [-0.3, -0.25) is 4.98 Å². The van der Waals surface area contributed by atoms with Crippen LogP contribution >= 0.6 is 49.0 Å². The summed E-state index contributed by atoms with van der Waals surface area (Å²) in [6, 6.07) is 29.4. The van der Waals surface area contributed by atoms with Gasteiger partial charge in [-0.05, 0) is 73.0 Å². The summed E-state index contributed by atoms with van der Waals surface area (Å²) in [6.07, 6.45) is 11.6. The highest BCUT2D eigenvalue weighted by Gasteiger charge is 2.30. The second-order valence-corrected chi connectivity index (χ2v) is 12.5. The van der Waals surface area contributed by atoms with Crippen LogP contribution < -0.4 is 20.5 Å². The molecule has 0 radical (unpaired) electrons. The molecule has 0 aliphatic heterocycles. The molecule has 3 N–H and O–H groups in total. The first kappa shape index (κ1) is 39.7. The average molecular weight is 705 g/mol. The van der Waals surface area contributed by atoms with Gasteiger partial charge in [0.25, 0.3) is 0 Å². The zero-order valence-corrected chi connectivity index (χ0v) is 29.6. The number of hydrogen-bond acceptors (Lipinski definition) is 6. The number of fused-ring (bicyclic) bond motifs is 1. The molecule has 0 fully saturated rings. The lowest BCUT2D eigenvalue weighted by atomic mass is 9.76. The molecule has 5 rings (SSSR count). The normalized spacial score (nSPS) is 15.0. The molecule has 1 aliphatic rings. The summed E-state index contributed by atoms with van der Waals surface area (Å²) >= 11 is 1.88. The van der Waals surface area contributed by atoms with Crippen LogP contribution in [-0.4, -0.2) is 29.9 Å². The Morgan fingerprint density at radius 3 is 2.09 bits per heavy atom. The molecule has 0 spiro atoms. The number of rotatable bonds is 17. The number of benzene rings is 3. The molecule has 1 aromatic heterocycles. The molecule has 1 aliphatic carbocycles. The van der Waals surface area contributed by atoms with E-state index in [2.05, 4.69) is 71.0 Å². The van der Waals surface area contributed by atoms with Crippen molar-refractivity contribution in [3.05, 3.63) is 120 Å². The fourth-order valence-electron chi connectivity index (χ4n) is 5.84. The van der Waals surface area contributed by atoms with E-state index in [1.807, 2.05) is 48.4 Å². The Hall–Kier alpha value is -2.45. The number of hydrogen-bond donors (Lipinski definition) is 2. The van der Waals surface area contributed by atoms with Crippen molar-refractivity contribution in [3.63, 3.8) is 0 Å². The summed E-state index contributed by atoms with van der Waals surface area (Å²) in [7, 11) is 0. The van der Waals surface area contributed by atoms with Crippen LogP contribution in [0.2, 0.25) is 0 Å². The van der Waals surface area contributed by atoms with Gasteiger partial charge in [0.05, 0.1) is 0 Å². The van der Waals surface area contributed by atoms with Crippen LogP contribution in [0.5, 0.6) is 11.5 Å². The predicted molar refractivity (Wildman–Crippen MR) is 200 cm³/mol. The smallest absolute Gasteiger partial charge is 0.165 e. The molecule has 0 amide bonds. The van der Waals surface area contributed by atoms with Gasteiger partial charge in [0, 0.05) is 41.2 Å². The van der Waals surface area contributed by atoms with E-state index >= 15 is 0 Å². The second kappa shape index (κ2) is 22.2. The van der Waals surface area contributed by atoms with E-state index < -0.39 is 0 Å². The molecular formula is C37H48Cl3N3O2S. The summed E-state index contributed by atoms with van der Waals surface area (Å²) in [5.41, 5.74) is 11.7. The van der Waals surface area contributed by atoms with Gasteiger partial charge in [-0.25, -0.2) is 0 Å². The number of nitrogens with one attached hydrogen (secondary N) is 1. The molecule has 250 valence electrons. The summed E-state index contributed by atoms with van der Waals surface area (Å²) < 4.78 is 12.9. The van der Waals surface area contributed by atoms with E-state index in [1.165, 1.54) is 41.7 Å². The SMILES string of the molecule is Cl.Cl.Cl.NC1CCc2c(ccc(OCc3ccccc3)c2OCc2ccccc2)C1CCCCCCNCCSc1ccncc1. The van der Waals surface area contributed by atoms with Crippen LogP contribution in [0.3, 0.4) is 0 Å². The van der Waals surface area contributed by atoms with E-state index in [9.17, 15) is 0 Å². The minimum atomic E-state index is 0. The average Bonchev–Trinajstić information content (AvgIpc) is 3.06. The molecule has 46 heavy (non-hydrogen) atoms. The van der Waals surface area contributed by atoms with Gasteiger partial charge in [-0.15, -0.1) is 49.0 Å². The summed E-state index contributed by atoms with van der Waals surface area (Å²) in [4.78, 5) is 5.36. The molecule has 1 heterocycles. The Labute approximate surface area is 298 Å². The minimum Gasteiger partial charge on any atom is -0.485 e. The molecule has 9 heteroatoms. The van der Waals surface area contributed by atoms with Gasteiger partial charge in [0.2, 0.25) is 0 Å². The number of unbranched alkanes of at least 4 members (excludes halogenated alkanes) is 3. The van der Waals surface area contributed by atoms with Gasteiger partial charge in [0.1, 0.15) is 13.2 Å². The Morgan fingerprint density at radius 2 is 1.39 bits per heavy atom. The van der Waals surface area contributed by atoms with Crippen LogP contribution in [0.4, 0.5) is 0 Å². The van der Waals surface area contributed by atoms with E-state index in [1.54, 1.807) is 0 Å². The highest BCUT2D eigenvalue weighted by atomic mass is 35.5. The van der Waals surface area contributed by atoms with Crippen LogP contribution in [-0.2, 0) is 19.6 Å². The highest BCUT2D eigenvalue weighted by molar-refractivity contribution is 7.99. The van der Waals surface area contributed by atoms with Crippen molar-refractivity contribution in [2.45, 2.75) is 75.0 Å². The van der Waals surface area contributed by atoms with Gasteiger partial charge < -0.3 is 20.5 Å². The molecular weight excluding hydrogens is 657 g/mol. The van der Waals surface area contributed by atoms with Gasteiger partial charge in [0.15, 0.2) is 11.5 Å². The third-order valence-electron chi connectivity index (χ3n) is 8.18. The largest absolute Gasteiger partial charge is 0.485 e. The Morgan fingerprint density at radius 1 is 0.739 bits per heavy atom. The van der Waals surface area contributed by atoms with Crippen LogP contribution in [0.15, 0.2) is 102 Å². The first-order valence-electron chi connectivity index (χ1n) is 15.8. The van der Waals surface area contributed by atoms with Crippen LogP contribution in [0.1, 0.15) is 66.7 Å². The van der Waals surface area contributed by atoms with E-state index in [0.717, 1.165) is 60.7 Å². The Bertz CT molecular complexity index is 1370. The van der Waals surface area contributed by atoms with Crippen molar-refractivity contribution < 1.29 is 9.47 Å². The number of nitrogens with two attached hydrogens (primary N) is 1. The quantitative estimate of drug-likeness (QED) is 0.0844. The Balaban J connectivity index is 0.00000245. The Kier molecular flexibility index (Phi) is 19.2. The molecule has 3 aromatic carbocycles. The highest BCUT2D eigenvalue weighted by Crippen LogP contribution is 2.44. The number of halogens is 3. The van der Waals surface area contributed by atoms with E-state index in [0.29, 0.717) is 19.1 Å². The van der Waals surface area contributed by atoms with Crippen molar-refractivity contribution in [1.82, 2.24) is 10.3 Å². The molecule has 2 unspecified atom stereocenters. The zero-order chi connectivity index (χ0) is 29.5. The predicted octanol–water partition coefficient (Wildman–Crippen LogP) is 9.19. The van der Waals surface area contributed by atoms with Crippen molar-refractivity contribution in [2.24, 2.45) is 5.73 Å². The molecule has 0 saturated heterocycles. The molecule has 0 bridgehead atoms. The molecule has 4 aromatic rings.